The molecule has 1 atom stereocenters. The van der Waals surface area contributed by atoms with Crippen molar-refractivity contribution in [2.45, 2.75) is 12.5 Å². The Bertz CT molecular complexity index is 711. The van der Waals surface area contributed by atoms with Gasteiger partial charge in [-0.3, -0.25) is 4.99 Å². The van der Waals surface area contributed by atoms with Gasteiger partial charge in [0.15, 0.2) is 17.0 Å². The minimum atomic E-state index is -1.29. The molecule has 1 aliphatic rings. The van der Waals surface area contributed by atoms with Gasteiger partial charge in [0.25, 0.3) is 0 Å². The SMILES string of the molecule is COCCOCCOCCOc1c(O)ccc(O)c1C1=N[C@@](C)(C(=O)O)CS1. The molecule has 28 heavy (non-hydrogen) atoms. The Balaban J connectivity index is 1.96. The lowest BCUT2D eigenvalue weighted by atomic mass is 10.1. The maximum absolute atomic E-state index is 11.4. The molecule has 1 aromatic carbocycles. The van der Waals surface area contributed by atoms with Gasteiger partial charge in [0, 0.05) is 12.9 Å². The van der Waals surface area contributed by atoms with Crippen molar-refractivity contribution in [3.8, 4) is 17.2 Å². The van der Waals surface area contributed by atoms with E-state index in [0.717, 1.165) is 0 Å². The number of rotatable bonds is 12. The van der Waals surface area contributed by atoms with Crippen LogP contribution in [0.2, 0.25) is 0 Å². The van der Waals surface area contributed by atoms with E-state index < -0.39 is 11.5 Å². The van der Waals surface area contributed by atoms with Gasteiger partial charge < -0.3 is 34.3 Å². The molecular formula is C18H25NO8S. The molecule has 0 unspecified atom stereocenters. The highest BCUT2D eigenvalue weighted by atomic mass is 32.2. The van der Waals surface area contributed by atoms with Crippen molar-refractivity contribution >= 4 is 22.8 Å². The van der Waals surface area contributed by atoms with E-state index >= 15 is 0 Å². The van der Waals surface area contributed by atoms with E-state index in [1.54, 1.807) is 7.11 Å². The fourth-order valence-corrected chi connectivity index (χ4v) is 3.53. The van der Waals surface area contributed by atoms with E-state index in [-0.39, 0.29) is 41.8 Å². The first-order valence-corrected chi connectivity index (χ1v) is 9.66. The number of thioether (sulfide) groups is 1. The molecule has 1 heterocycles. The highest BCUT2D eigenvalue weighted by molar-refractivity contribution is 8.14. The van der Waals surface area contributed by atoms with Crippen molar-refractivity contribution in [1.82, 2.24) is 0 Å². The molecule has 0 radical (unpaired) electrons. The van der Waals surface area contributed by atoms with E-state index in [1.165, 1.54) is 30.8 Å². The first kappa shape index (κ1) is 22.3. The van der Waals surface area contributed by atoms with Crippen LogP contribution >= 0.6 is 11.8 Å². The van der Waals surface area contributed by atoms with Gasteiger partial charge in [-0.05, 0) is 19.1 Å². The number of carboxylic acid groups (broad SMARTS) is 1. The van der Waals surface area contributed by atoms with Gasteiger partial charge in [-0.25, -0.2) is 4.79 Å². The van der Waals surface area contributed by atoms with Crippen LogP contribution in [0.4, 0.5) is 0 Å². The Morgan fingerprint density at radius 2 is 1.71 bits per heavy atom. The van der Waals surface area contributed by atoms with Crippen molar-refractivity contribution in [3.05, 3.63) is 17.7 Å². The molecule has 0 aliphatic carbocycles. The van der Waals surface area contributed by atoms with Crippen molar-refractivity contribution < 1.29 is 39.1 Å². The fraction of sp³-hybridized carbons (Fsp3) is 0.556. The lowest BCUT2D eigenvalue weighted by Crippen LogP contribution is -2.33. The molecule has 10 heteroatoms. The minimum Gasteiger partial charge on any atom is -0.507 e. The molecule has 0 saturated carbocycles. The predicted octanol–water partition coefficient (Wildman–Crippen LogP) is 1.49. The van der Waals surface area contributed by atoms with E-state index in [4.69, 9.17) is 18.9 Å². The van der Waals surface area contributed by atoms with Crippen LogP contribution in [0.5, 0.6) is 17.2 Å². The average Bonchev–Trinajstić information content (AvgIpc) is 3.06. The highest BCUT2D eigenvalue weighted by Crippen LogP contribution is 2.42. The molecule has 3 N–H and O–H groups in total. The number of aromatic hydroxyl groups is 2. The van der Waals surface area contributed by atoms with Gasteiger partial charge in [0.2, 0.25) is 0 Å². The van der Waals surface area contributed by atoms with Gasteiger partial charge in [-0.15, -0.1) is 11.8 Å². The molecule has 0 aromatic heterocycles. The van der Waals surface area contributed by atoms with Crippen LogP contribution in [0.15, 0.2) is 17.1 Å². The second-order valence-corrected chi connectivity index (χ2v) is 7.12. The summed E-state index contributed by atoms with van der Waals surface area (Å²) >= 11 is 1.18. The monoisotopic (exact) mass is 415 g/mol. The molecule has 0 saturated heterocycles. The Morgan fingerprint density at radius 1 is 1.11 bits per heavy atom. The number of carboxylic acids is 1. The molecule has 0 spiro atoms. The largest absolute Gasteiger partial charge is 0.507 e. The molecule has 2 rings (SSSR count). The third-order valence-corrected chi connectivity index (χ3v) is 5.18. The lowest BCUT2D eigenvalue weighted by molar-refractivity contribution is -0.141. The van der Waals surface area contributed by atoms with Crippen LogP contribution in [-0.2, 0) is 19.0 Å². The summed E-state index contributed by atoms with van der Waals surface area (Å²) in [6, 6.07) is 2.61. The molecule has 0 bridgehead atoms. The number of methoxy groups -OCH3 is 1. The number of phenolic OH excluding ortho intramolecular Hbond substituents is 2. The van der Waals surface area contributed by atoms with Crippen LogP contribution in [0.3, 0.4) is 0 Å². The van der Waals surface area contributed by atoms with Crippen LogP contribution < -0.4 is 4.74 Å². The quantitative estimate of drug-likeness (QED) is 0.344. The Kier molecular flexibility index (Phi) is 8.36. The van der Waals surface area contributed by atoms with Crippen molar-refractivity contribution in [2.75, 3.05) is 52.5 Å². The van der Waals surface area contributed by atoms with Gasteiger partial charge in [0.1, 0.15) is 17.4 Å². The molecule has 0 fully saturated rings. The number of nitrogens with zero attached hydrogens (tertiary/aromatic N) is 1. The summed E-state index contributed by atoms with van der Waals surface area (Å²) in [5.41, 5.74) is -1.11. The topological polar surface area (TPSA) is 127 Å². The molecule has 1 aromatic rings. The standard InChI is InChI=1S/C18H25NO8S/c1-18(17(22)23)11-28-16(19-18)14-12(20)3-4-13(21)15(14)27-10-9-26-8-7-25-6-5-24-2/h3-4,20-21H,5-11H2,1-2H3,(H,22,23)/t18-/m1/s1. The second-order valence-electron chi connectivity index (χ2n) is 6.16. The molecule has 0 amide bonds. The number of phenols is 2. The predicted molar refractivity (Wildman–Crippen MR) is 104 cm³/mol. The summed E-state index contributed by atoms with van der Waals surface area (Å²) in [7, 11) is 1.60. The fourth-order valence-electron chi connectivity index (χ4n) is 2.32. The Morgan fingerprint density at radius 3 is 2.32 bits per heavy atom. The second kappa shape index (κ2) is 10.5. The summed E-state index contributed by atoms with van der Waals surface area (Å²) in [6.45, 7) is 3.68. The highest BCUT2D eigenvalue weighted by Gasteiger charge is 2.40. The number of benzene rings is 1. The van der Waals surface area contributed by atoms with Crippen LogP contribution in [-0.4, -0.2) is 84.4 Å². The normalized spacial score (nSPS) is 18.9. The van der Waals surface area contributed by atoms with Gasteiger partial charge in [0.05, 0.1) is 38.6 Å². The van der Waals surface area contributed by atoms with Gasteiger partial charge in [-0.1, -0.05) is 0 Å². The number of hydrogen-bond acceptors (Lipinski definition) is 9. The zero-order valence-corrected chi connectivity index (χ0v) is 16.7. The number of aliphatic imine (C=N–C) groups is 1. The summed E-state index contributed by atoms with van der Waals surface area (Å²) in [5.74, 6) is -1.12. The van der Waals surface area contributed by atoms with E-state index in [0.29, 0.717) is 31.5 Å². The average molecular weight is 415 g/mol. The Hall–Kier alpha value is -2.01. The van der Waals surface area contributed by atoms with Crippen LogP contribution in [0.25, 0.3) is 0 Å². The number of carbonyl (C=O) groups is 1. The van der Waals surface area contributed by atoms with Gasteiger partial charge in [-0.2, -0.15) is 0 Å². The minimum absolute atomic E-state index is 0.0424. The molecular weight excluding hydrogens is 390 g/mol. The summed E-state index contributed by atoms with van der Waals surface area (Å²) in [4.78, 5) is 15.6. The third-order valence-electron chi connectivity index (χ3n) is 3.91. The summed E-state index contributed by atoms with van der Waals surface area (Å²) in [6.07, 6.45) is 0. The Labute approximate surface area is 167 Å². The van der Waals surface area contributed by atoms with E-state index in [1.807, 2.05) is 0 Å². The van der Waals surface area contributed by atoms with E-state index in [9.17, 15) is 20.1 Å². The van der Waals surface area contributed by atoms with Crippen molar-refractivity contribution in [3.63, 3.8) is 0 Å². The molecule has 156 valence electrons. The number of hydrogen-bond donors (Lipinski definition) is 3. The zero-order chi connectivity index (χ0) is 20.6. The number of ether oxygens (including phenoxy) is 4. The van der Waals surface area contributed by atoms with Crippen LogP contribution in [0.1, 0.15) is 12.5 Å². The third kappa shape index (κ3) is 5.74. The van der Waals surface area contributed by atoms with Crippen molar-refractivity contribution in [1.29, 1.82) is 0 Å². The van der Waals surface area contributed by atoms with E-state index in [2.05, 4.69) is 4.99 Å². The van der Waals surface area contributed by atoms with Crippen LogP contribution in [0, 0.1) is 0 Å². The lowest BCUT2D eigenvalue weighted by Gasteiger charge is -2.15. The first-order valence-electron chi connectivity index (χ1n) is 8.67. The maximum Gasteiger partial charge on any atom is 0.332 e. The number of aliphatic carboxylic acids is 1. The smallest absolute Gasteiger partial charge is 0.332 e. The van der Waals surface area contributed by atoms with Gasteiger partial charge >= 0.3 is 5.97 Å². The zero-order valence-electron chi connectivity index (χ0n) is 15.8. The summed E-state index contributed by atoms with van der Waals surface area (Å²) < 4.78 is 21.1. The molecule has 1 aliphatic heterocycles. The van der Waals surface area contributed by atoms with Crippen molar-refractivity contribution in [2.24, 2.45) is 4.99 Å². The maximum atomic E-state index is 11.4. The molecule has 9 nitrogen and oxygen atoms in total. The first-order chi connectivity index (χ1) is 13.4. The summed E-state index contributed by atoms with van der Waals surface area (Å²) in [5, 5.41) is 30.0.